The summed E-state index contributed by atoms with van der Waals surface area (Å²) in [7, 11) is 0. The molecule has 0 unspecified atom stereocenters. The van der Waals surface area contributed by atoms with Gasteiger partial charge in [-0.2, -0.15) is 4.98 Å². The maximum atomic E-state index is 13.2. The van der Waals surface area contributed by atoms with Crippen LogP contribution in [0.5, 0.6) is 0 Å². The monoisotopic (exact) mass is 403 g/mol. The molecule has 2 N–H and O–H groups in total. The molecule has 0 spiro atoms. The largest absolute Gasteiger partial charge is 0.339 e. The van der Waals surface area contributed by atoms with Crippen LogP contribution in [0, 0.1) is 6.92 Å². The standard InChI is InChI=1S/C22H18FN5O2/c1-12-7-8-14(20-27-22(30-28-20)15-10-16(15)23)9-17(12)26-21(29)18-11-24-19(25-18)13-5-3-2-4-6-13/h2-9,11,15-16H,10H2,1H3,(H,24,25)(H,26,29)/t15-,16-/m0/s1. The first-order chi connectivity index (χ1) is 14.6. The molecule has 2 heterocycles. The van der Waals surface area contributed by atoms with E-state index in [-0.39, 0.29) is 11.8 Å². The van der Waals surface area contributed by atoms with Crippen molar-refractivity contribution in [3.05, 3.63) is 71.9 Å². The molecule has 150 valence electrons. The summed E-state index contributed by atoms with van der Waals surface area (Å²) in [5.41, 5.74) is 3.42. The summed E-state index contributed by atoms with van der Waals surface area (Å²) in [6.45, 7) is 1.89. The number of halogens is 1. The minimum Gasteiger partial charge on any atom is -0.339 e. The van der Waals surface area contributed by atoms with Crippen molar-refractivity contribution in [2.45, 2.75) is 25.4 Å². The minimum absolute atomic E-state index is 0.296. The summed E-state index contributed by atoms with van der Waals surface area (Å²) < 4.78 is 18.4. The van der Waals surface area contributed by atoms with Gasteiger partial charge >= 0.3 is 0 Å². The lowest BCUT2D eigenvalue weighted by Crippen LogP contribution is -2.13. The Bertz CT molecular complexity index is 1220. The Morgan fingerprint density at radius 2 is 2.00 bits per heavy atom. The highest BCUT2D eigenvalue weighted by Crippen LogP contribution is 2.43. The van der Waals surface area contributed by atoms with Crippen molar-refractivity contribution in [2.24, 2.45) is 0 Å². The number of anilines is 1. The van der Waals surface area contributed by atoms with Crippen LogP contribution >= 0.6 is 0 Å². The van der Waals surface area contributed by atoms with Crippen molar-refractivity contribution in [3.63, 3.8) is 0 Å². The van der Waals surface area contributed by atoms with Crippen LogP contribution < -0.4 is 5.32 Å². The smallest absolute Gasteiger partial charge is 0.273 e. The van der Waals surface area contributed by atoms with Crippen LogP contribution in [0.3, 0.4) is 0 Å². The van der Waals surface area contributed by atoms with Gasteiger partial charge in [0.25, 0.3) is 5.91 Å². The molecule has 1 saturated carbocycles. The molecule has 1 aliphatic rings. The Morgan fingerprint density at radius 1 is 1.20 bits per heavy atom. The number of imidazole rings is 1. The predicted molar refractivity (Wildman–Crippen MR) is 109 cm³/mol. The summed E-state index contributed by atoms with van der Waals surface area (Å²) in [5, 5.41) is 6.84. The topological polar surface area (TPSA) is 96.7 Å². The number of H-pyrrole nitrogens is 1. The quantitative estimate of drug-likeness (QED) is 0.511. The van der Waals surface area contributed by atoms with Crippen LogP contribution in [0.25, 0.3) is 22.8 Å². The first kappa shape index (κ1) is 18.2. The lowest BCUT2D eigenvalue weighted by atomic mass is 10.1. The molecule has 7 nitrogen and oxygen atoms in total. The van der Waals surface area contributed by atoms with Crippen molar-refractivity contribution in [1.29, 1.82) is 0 Å². The molecule has 2 aromatic heterocycles. The molecule has 0 radical (unpaired) electrons. The first-order valence-corrected chi connectivity index (χ1v) is 9.59. The van der Waals surface area contributed by atoms with Gasteiger partial charge in [0, 0.05) is 16.8 Å². The molecule has 0 bridgehead atoms. The number of hydrogen-bond donors (Lipinski definition) is 2. The Kier molecular flexibility index (Phi) is 4.39. The number of benzene rings is 2. The minimum atomic E-state index is -0.902. The second kappa shape index (κ2) is 7.22. The molecule has 1 amide bonds. The van der Waals surface area contributed by atoms with Crippen molar-refractivity contribution in [3.8, 4) is 22.8 Å². The number of nitrogens with zero attached hydrogens (tertiary/aromatic N) is 3. The zero-order valence-corrected chi connectivity index (χ0v) is 16.1. The van der Waals surface area contributed by atoms with Gasteiger partial charge in [-0.25, -0.2) is 9.37 Å². The Hall–Kier alpha value is -3.81. The van der Waals surface area contributed by atoms with Crippen molar-refractivity contribution in [1.82, 2.24) is 20.1 Å². The first-order valence-electron chi connectivity index (χ1n) is 9.59. The third-order valence-corrected chi connectivity index (χ3v) is 5.08. The molecule has 0 aliphatic heterocycles. The Labute approximate surface area is 171 Å². The fourth-order valence-corrected chi connectivity index (χ4v) is 3.19. The maximum Gasteiger partial charge on any atom is 0.273 e. The van der Waals surface area contributed by atoms with Crippen LogP contribution in [0.15, 0.2) is 59.3 Å². The number of hydrogen-bond acceptors (Lipinski definition) is 5. The van der Waals surface area contributed by atoms with Gasteiger partial charge in [-0.15, -0.1) is 0 Å². The predicted octanol–water partition coefficient (Wildman–Crippen LogP) is 4.51. The number of carbonyl (C=O) groups is 1. The van der Waals surface area contributed by atoms with Gasteiger partial charge in [0.05, 0.1) is 12.1 Å². The number of rotatable bonds is 5. The summed E-state index contributed by atoms with van der Waals surface area (Å²) >= 11 is 0. The average Bonchev–Trinajstić information content (AvgIpc) is 3.17. The third kappa shape index (κ3) is 3.47. The lowest BCUT2D eigenvalue weighted by molar-refractivity contribution is 0.102. The zero-order valence-electron chi connectivity index (χ0n) is 16.1. The van der Waals surface area contributed by atoms with Gasteiger partial charge in [-0.05, 0) is 25.0 Å². The molecule has 1 aliphatic carbocycles. The van der Waals surface area contributed by atoms with E-state index in [9.17, 15) is 9.18 Å². The number of amides is 1. The van der Waals surface area contributed by atoms with E-state index in [1.807, 2.05) is 49.4 Å². The van der Waals surface area contributed by atoms with Gasteiger partial charge in [0.1, 0.15) is 17.7 Å². The number of carbonyl (C=O) groups excluding carboxylic acids is 1. The molecule has 2 atom stereocenters. The van der Waals surface area contributed by atoms with Crippen molar-refractivity contribution in [2.75, 3.05) is 5.32 Å². The van der Waals surface area contributed by atoms with E-state index in [4.69, 9.17) is 4.52 Å². The lowest BCUT2D eigenvalue weighted by Gasteiger charge is -2.08. The van der Waals surface area contributed by atoms with E-state index in [1.165, 1.54) is 6.20 Å². The highest BCUT2D eigenvalue weighted by molar-refractivity contribution is 6.03. The maximum absolute atomic E-state index is 13.2. The van der Waals surface area contributed by atoms with E-state index < -0.39 is 6.17 Å². The molecule has 8 heteroatoms. The zero-order chi connectivity index (χ0) is 20.7. The average molecular weight is 403 g/mol. The van der Waals surface area contributed by atoms with Gasteiger partial charge in [0.2, 0.25) is 11.7 Å². The van der Waals surface area contributed by atoms with E-state index >= 15 is 0 Å². The van der Waals surface area contributed by atoms with Crippen LogP contribution in [-0.2, 0) is 0 Å². The summed E-state index contributed by atoms with van der Waals surface area (Å²) in [4.78, 5) is 24.3. The number of nitrogens with one attached hydrogen (secondary N) is 2. The van der Waals surface area contributed by atoms with Gasteiger partial charge in [-0.3, -0.25) is 4.79 Å². The highest BCUT2D eigenvalue weighted by Gasteiger charge is 2.43. The van der Waals surface area contributed by atoms with E-state index in [2.05, 4.69) is 25.4 Å². The van der Waals surface area contributed by atoms with Crippen LogP contribution in [0.4, 0.5) is 10.1 Å². The number of aromatic amines is 1. The van der Waals surface area contributed by atoms with E-state index in [0.29, 0.717) is 40.9 Å². The summed E-state index contributed by atoms with van der Waals surface area (Å²) in [6.07, 6.45) is 1.03. The van der Waals surface area contributed by atoms with Crippen LogP contribution in [-0.4, -0.2) is 32.2 Å². The van der Waals surface area contributed by atoms with E-state index in [1.54, 1.807) is 6.07 Å². The SMILES string of the molecule is Cc1ccc(-c2noc([C@H]3C[C@@H]3F)n2)cc1NC(=O)c1cnc(-c2ccccc2)[nH]1. The molecule has 1 fully saturated rings. The molecule has 5 rings (SSSR count). The Balaban J connectivity index is 1.36. The Morgan fingerprint density at radius 3 is 2.77 bits per heavy atom. The van der Waals surface area contributed by atoms with Crippen molar-refractivity contribution >= 4 is 11.6 Å². The second-order valence-electron chi connectivity index (χ2n) is 7.31. The van der Waals surface area contributed by atoms with Gasteiger partial charge in [0.15, 0.2) is 0 Å². The number of alkyl halides is 1. The van der Waals surface area contributed by atoms with Crippen LogP contribution in [0.1, 0.15) is 34.3 Å². The summed E-state index contributed by atoms with van der Waals surface area (Å²) in [5.74, 6) is 0.700. The fourth-order valence-electron chi connectivity index (χ4n) is 3.19. The number of aryl methyl sites for hydroxylation is 1. The summed E-state index contributed by atoms with van der Waals surface area (Å²) in [6, 6.07) is 15.0. The third-order valence-electron chi connectivity index (χ3n) is 5.08. The molecular formula is C22H18FN5O2. The molecule has 2 aromatic carbocycles. The highest BCUT2D eigenvalue weighted by atomic mass is 19.1. The van der Waals surface area contributed by atoms with E-state index in [0.717, 1.165) is 11.1 Å². The molecular weight excluding hydrogens is 385 g/mol. The molecule has 4 aromatic rings. The van der Waals surface area contributed by atoms with Crippen LogP contribution in [0.2, 0.25) is 0 Å². The second-order valence-corrected chi connectivity index (χ2v) is 7.31. The van der Waals surface area contributed by atoms with Crippen molar-refractivity contribution < 1.29 is 13.7 Å². The number of aromatic nitrogens is 4. The van der Waals surface area contributed by atoms with Gasteiger partial charge in [-0.1, -0.05) is 47.6 Å². The molecule has 0 saturated heterocycles. The fraction of sp³-hybridized carbons (Fsp3) is 0.182. The van der Waals surface area contributed by atoms with Gasteiger partial charge < -0.3 is 14.8 Å². The molecule has 30 heavy (non-hydrogen) atoms. The normalized spacial score (nSPS) is 17.7.